The largest absolute Gasteiger partial charge is 0.388 e. The van der Waals surface area contributed by atoms with E-state index in [1.165, 1.54) is 0 Å². The molecule has 0 aromatic carbocycles. The van der Waals surface area contributed by atoms with Crippen LogP contribution in [0.3, 0.4) is 0 Å². The highest BCUT2D eigenvalue weighted by Crippen LogP contribution is 2.14. The summed E-state index contributed by atoms with van der Waals surface area (Å²) in [6.07, 6.45) is 4.37. The van der Waals surface area contributed by atoms with Crippen LogP contribution in [-0.4, -0.2) is 9.67 Å². The molecule has 0 fully saturated rings. The van der Waals surface area contributed by atoms with Crippen molar-refractivity contribution in [1.82, 2.24) is 4.57 Å². The van der Waals surface area contributed by atoms with Crippen molar-refractivity contribution >= 4 is 0 Å². The van der Waals surface area contributed by atoms with Crippen LogP contribution in [-0.2, 0) is 7.05 Å². The zero-order chi connectivity index (χ0) is 7.56. The summed E-state index contributed by atoms with van der Waals surface area (Å²) in [5.41, 5.74) is 1.00. The van der Waals surface area contributed by atoms with E-state index in [1.54, 1.807) is 0 Å². The molecule has 2 heteroatoms. The summed E-state index contributed by atoms with van der Waals surface area (Å²) in [7, 11) is 1.95. The van der Waals surface area contributed by atoms with Crippen LogP contribution < -0.4 is 0 Å². The number of hydrogen-bond acceptors (Lipinski definition) is 1. The molecule has 1 heterocycles. The highest BCUT2D eigenvalue weighted by Gasteiger charge is 2.03. The molecular weight excluding hydrogens is 126 g/mol. The minimum atomic E-state index is -0.291. The maximum absolute atomic E-state index is 9.33. The van der Waals surface area contributed by atoms with Crippen molar-refractivity contribution in [2.24, 2.45) is 7.05 Å². The molecule has 0 spiro atoms. The zero-order valence-corrected chi connectivity index (χ0v) is 6.41. The smallest absolute Gasteiger partial charge is 0.0802 e. The molecule has 10 heavy (non-hydrogen) atoms. The van der Waals surface area contributed by atoms with Crippen LogP contribution in [0.15, 0.2) is 18.5 Å². The van der Waals surface area contributed by atoms with Gasteiger partial charge in [-0.2, -0.15) is 0 Å². The third-order valence-electron chi connectivity index (χ3n) is 1.63. The van der Waals surface area contributed by atoms with E-state index >= 15 is 0 Å². The van der Waals surface area contributed by atoms with Crippen LogP contribution >= 0.6 is 0 Å². The predicted octanol–water partition coefficient (Wildman–Crippen LogP) is 1.47. The Bertz CT molecular complexity index is 205. The summed E-state index contributed by atoms with van der Waals surface area (Å²) >= 11 is 0. The second kappa shape index (κ2) is 2.88. The summed E-state index contributed by atoms with van der Waals surface area (Å²) in [4.78, 5) is 0. The van der Waals surface area contributed by atoms with E-state index in [2.05, 4.69) is 0 Å². The van der Waals surface area contributed by atoms with Crippen LogP contribution in [0.2, 0.25) is 0 Å². The van der Waals surface area contributed by atoms with Gasteiger partial charge in [0, 0.05) is 19.4 Å². The molecule has 0 amide bonds. The van der Waals surface area contributed by atoms with Gasteiger partial charge in [0.1, 0.15) is 0 Å². The van der Waals surface area contributed by atoms with Gasteiger partial charge in [-0.25, -0.2) is 0 Å². The molecule has 0 bridgehead atoms. The summed E-state index contributed by atoms with van der Waals surface area (Å²) in [6, 6.07) is 1.94. The fourth-order valence-electron chi connectivity index (χ4n) is 0.958. The fourth-order valence-corrected chi connectivity index (χ4v) is 0.958. The van der Waals surface area contributed by atoms with E-state index in [1.807, 2.05) is 37.0 Å². The third kappa shape index (κ3) is 1.39. The Hall–Kier alpha value is -0.760. The van der Waals surface area contributed by atoms with Crippen molar-refractivity contribution < 1.29 is 5.11 Å². The van der Waals surface area contributed by atoms with Crippen LogP contribution in [0.5, 0.6) is 0 Å². The van der Waals surface area contributed by atoms with Crippen LogP contribution in [0, 0.1) is 0 Å². The quantitative estimate of drug-likeness (QED) is 0.659. The lowest BCUT2D eigenvalue weighted by molar-refractivity contribution is 0.173. The molecule has 0 aliphatic carbocycles. The molecule has 1 aromatic rings. The van der Waals surface area contributed by atoms with Crippen molar-refractivity contribution in [1.29, 1.82) is 0 Å². The van der Waals surface area contributed by atoms with E-state index in [-0.39, 0.29) is 6.10 Å². The predicted molar refractivity (Wildman–Crippen MR) is 40.7 cm³/mol. The lowest BCUT2D eigenvalue weighted by atomic mass is 10.1. The Labute approximate surface area is 61.1 Å². The van der Waals surface area contributed by atoms with E-state index in [0.29, 0.717) is 0 Å². The second-order valence-electron chi connectivity index (χ2n) is 2.53. The monoisotopic (exact) mass is 139 g/mol. The average Bonchev–Trinajstić information content (AvgIpc) is 2.34. The Morgan fingerprint density at radius 3 is 2.80 bits per heavy atom. The maximum Gasteiger partial charge on any atom is 0.0802 e. The summed E-state index contributed by atoms with van der Waals surface area (Å²) < 4.78 is 1.94. The number of aryl methyl sites for hydroxylation is 1. The van der Waals surface area contributed by atoms with E-state index in [0.717, 1.165) is 12.0 Å². The lowest BCUT2D eigenvalue weighted by Crippen LogP contribution is -1.92. The highest BCUT2D eigenvalue weighted by atomic mass is 16.3. The first-order chi connectivity index (χ1) is 4.74. The number of aromatic nitrogens is 1. The number of aliphatic hydroxyl groups is 1. The Morgan fingerprint density at radius 2 is 2.40 bits per heavy atom. The van der Waals surface area contributed by atoms with Gasteiger partial charge in [0.25, 0.3) is 0 Å². The Morgan fingerprint density at radius 1 is 1.70 bits per heavy atom. The van der Waals surface area contributed by atoms with Gasteiger partial charge in [-0.15, -0.1) is 0 Å². The van der Waals surface area contributed by atoms with Gasteiger partial charge in [-0.3, -0.25) is 0 Å². The van der Waals surface area contributed by atoms with Crippen LogP contribution in [0.4, 0.5) is 0 Å². The number of nitrogens with zero attached hydrogens (tertiary/aromatic N) is 1. The molecule has 1 aromatic heterocycles. The first-order valence-corrected chi connectivity index (χ1v) is 3.54. The minimum Gasteiger partial charge on any atom is -0.388 e. The average molecular weight is 139 g/mol. The maximum atomic E-state index is 9.33. The lowest BCUT2D eigenvalue weighted by Gasteiger charge is -2.02. The normalized spacial score (nSPS) is 13.5. The first-order valence-electron chi connectivity index (χ1n) is 3.54. The van der Waals surface area contributed by atoms with Gasteiger partial charge in [0.15, 0.2) is 0 Å². The molecule has 1 atom stereocenters. The van der Waals surface area contributed by atoms with Gasteiger partial charge < -0.3 is 9.67 Å². The van der Waals surface area contributed by atoms with E-state index < -0.39 is 0 Å². The molecule has 1 rings (SSSR count). The Kier molecular flexibility index (Phi) is 2.12. The Balaban J connectivity index is 2.74. The van der Waals surface area contributed by atoms with Crippen LogP contribution in [0.25, 0.3) is 0 Å². The number of aliphatic hydroxyl groups excluding tert-OH is 1. The molecular formula is C8H13NO. The minimum absolute atomic E-state index is 0.291. The molecule has 1 N–H and O–H groups in total. The molecule has 0 aliphatic heterocycles. The van der Waals surface area contributed by atoms with Crippen molar-refractivity contribution in [2.75, 3.05) is 0 Å². The fraction of sp³-hybridized carbons (Fsp3) is 0.500. The van der Waals surface area contributed by atoms with Gasteiger partial charge in [0.2, 0.25) is 0 Å². The zero-order valence-electron chi connectivity index (χ0n) is 6.41. The van der Waals surface area contributed by atoms with Gasteiger partial charge in [-0.1, -0.05) is 6.92 Å². The van der Waals surface area contributed by atoms with E-state index in [9.17, 15) is 5.11 Å². The van der Waals surface area contributed by atoms with E-state index in [4.69, 9.17) is 0 Å². The van der Waals surface area contributed by atoms with Crippen molar-refractivity contribution in [2.45, 2.75) is 19.4 Å². The molecule has 1 unspecified atom stereocenters. The third-order valence-corrected chi connectivity index (χ3v) is 1.63. The first kappa shape index (κ1) is 7.35. The molecule has 0 saturated carbocycles. The number of hydrogen-bond donors (Lipinski definition) is 1. The van der Waals surface area contributed by atoms with Gasteiger partial charge in [0.05, 0.1) is 6.10 Å². The molecule has 0 radical (unpaired) electrons. The molecule has 0 saturated heterocycles. The second-order valence-corrected chi connectivity index (χ2v) is 2.53. The summed E-state index contributed by atoms with van der Waals surface area (Å²) in [5, 5.41) is 9.33. The summed E-state index contributed by atoms with van der Waals surface area (Å²) in [6.45, 7) is 1.97. The van der Waals surface area contributed by atoms with Crippen molar-refractivity contribution in [3.63, 3.8) is 0 Å². The van der Waals surface area contributed by atoms with Crippen molar-refractivity contribution in [3.05, 3.63) is 24.0 Å². The summed E-state index contributed by atoms with van der Waals surface area (Å²) in [5.74, 6) is 0. The molecule has 2 nitrogen and oxygen atoms in total. The number of rotatable bonds is 2. The van der Waals surface area contributed by atoms with Gasteiger partial charge in [-0.05, 0) is 18.1 Å². The molecule has 56 valence electrons. The topological polar surface area (TPSA) is 25.2 Å². The molecule has 0 aliphatic rings. The van der Waals surface area contributed by atoms with Crippen molar-refractivity contribution in [3.8, 4) is 0 Å². The highest BCUT2D eigenvalue weighted by molar-refractivity contribution is 5.12. The standard InChI is InChI=1S/C8H13NO/c1-3-8(10)7-4-5-9(2)6-7/h4-6,8,10H,3H2,1-2H3. The van der Waals surface area contributed by atoms with Crippen LogP contribution in [0.1, 0.15) is 25.0 Å². The SMILES string of the molecule is CCC(O)c1ccn(C)c1. The van der Waals surface area contributed by atoms with Gasteiger partial charge >= 0.3 is 0 Å².